The smallest absolute Gasteiger partial charge is 0.140 e. The van der Waals surface area contributed by atoms with Crippen LogP contribution in [0.4, 0.5) is 8.78 Å². The van der Waals surface area contributed by atoms with Crippen LogP contribution in [0.15, 0.2) is 18.2 Å². The maximum atomic E-state index is 13.6. The molecule has 0 atom stereocenters. The molecule has 1 aromatic rings. The molecule has 0 saturated heterocycles. The zero-order valence-electron chi connectivity index (χ0n) is 13.1. The molecule has 21 heavy (non-hydrogen) atoms. The first kappa shape index (κ1) is 16.1. The summed E-state index contributed by atoms with van der Waals surface area (Å²) in [5.41, 5.74) is 0.459. The van der Waals surface area contributed by atoms with Gasteiger partial charge in [-0.25, -0.2) is 8.78 Å². The van der Waals surface area contributed by atoms with Gasteiger partial charge >= 0.3 is 0 Å². The average molecular weight is 294 g/mol. The molecule has 1 aliphatic rings. The second-order valence-corrected chi connectivity index (χ2v) is 7.29. The Morgan fingerprint density at radius 1 is 1.14 bits per heavy atom. The van der Waals surface area contributed by atoms with Gasteiger partial charge < -0.3 is 0 Å². The summed E-state index contributed by atoms with van der Waals surface area (Å²) >= 11 is 0. The van der Waals surface area contributed by atoms with Crippen LogP contribution in [0.25, 0.3) is 0 Å². The molecule has 0 aromatic heterocycles. The number of ketones is 1. The fourth-order valence-electron chi connectivity index (χ4n) is 3.29. The Balaban J connectivity index is 1.95. The summed E-state index contributed by atoms with van der Waals surface area (Å²) in [6, 6.07) is 3.31. The zero-order valence-corrected chi connectivity index (χ0v) is 13.1. The van der Waals surface area contributed by atoms with Gasteiger partial charge in [0.25, 0.3) is 0 Å². The van der Waals surface area contributed by atoms with E-state index in [0.29, 0.717) is 5.92 Å². The molecule has 0 N–H and O–H groups in total. The largest absolute Gasteiger partial charge is 0.299 e. The van der Waals surface area contributed by atoms with E-state index in [4.69, 9.17) is 0 Å². The lowest BCUT2D eigenvalue weighted by Gasteiger charge is -2.36. The minimum atomic E-state index is -0.492. The van der Waals surface area contributed by atoms with Crippen molar-refractivity contribution in [1.82, 2.24) is 0 Å². The summed E-state index contributed by atoms with van der Waals surface area (Å²) in [6.45, 7) is 6.71. The van der Waals surface area contributed by atoms with E-state index in [0.717, 1.165) is 43.9 Å². The summed E-state index contributed by atoms with van der Waals surface area (Å²) in [6.07, 6.45) is 3.85. The normalized spacial score (nSPS) is 23.1. The van der Waals surface area contributed by atoms with E-state index >= 15 is 0 Å². The molecule has 0 bridgehead atoms. The van der Waals surface area contributed by atoms with Crippen molar-refractivity contribution in [2.75, 3.05) is 0 Å². The molecular formula is C18H24F2O. The highest BCUT2D eigenvalue weighted by Gasteiger charge is 2.32. The average Bonchev–Trinajstić information content (AvgIpc) is 2.42. The monoisotopic (exact) mass is 294 g/mol. The Morgan fingerprint density at radius 2 is 1.76 bits per heavy atom. The molecule has 1 saturated carbocycles. The SMILES string of the molecule is CC(C)(C)C1CCC(C(=O)Cc2cc(F)ccc2F)CC1. The van der Waals surface area contributed by atoms with Gasteiger partial charge in [0.2, 0.25) is 0 Å². The Hall–Kier alpha value is -1.25. The van der Waals surface area contributed by atoms with E-state index in [-0.39, 0.29) is 29.1 Å². The molecule has 1 fully saturated rings. The van der Waals surface area contributed by atoms with Crippen LogP contribution in [0.3, 0.4) is 0 Å². The van der Waals surface area contributed by atoms with Crippen molar-refractivity contribution >= 4 is 5.78 Å². The fourth-order valence-corrected chi connectivity index (χ4v) is 3.29. The predicted octanol–water partition coefficient (Wildman–Crippen LogP) is 4.93. The topological polar surface area (TPSA) is 17.1 Å². The number of rotatable bonds is 3. The molecule has 0 spiro atoms. The van der Waals surface area contributed by atoms with Crippen LogP contribution in [-0.2, 0) is 11.2 Å². The molecule has 0 amide bonds. The van der Waals surface area contributed by atoms with Crippen molar-refractivity contribution in [3.05, 3.63) is 35.4 Å². The zero-order chi connectivity index (χ0) is 15.6. The third kappa shape index (κ3) is 4.12. The van der Waals surface area contributed by atoms with E-state index < -0.39 is 11.6 Å². The van der Waals surface area contributed by atoms with Crippen molar-refractivity contribution in [2.24, 2.45) is 17.3 Å². The van der Waals surface area contributed by atoms with Crippen molar-refractivity contribution in [3.8, 4) is 0 Å². The van der Waals surface area contributed by atoms with Crippen LogP contribution in [0.5, 0.6) is 0 Å². The van der Waals surface area contributed by atoms with Gasteiger partial charge in [-0.2, -0.15) is 0 Å². The number of hydrogen-bond donors (Lipinski definition) is 0. The lowest BCUT2D eigenvalue weighted by Crippen LogP contribution is -2.29. The maximum absolute atomic E-state index is 13.6. The van der Waals surface area contributed by atoms with E-state index in [2.05, 4.69) is 20.8 Å². The standard InChI is InChI=1S/C18H24F2O/c1-18(2,3)14-6-4-12(5-7-14)17(21)11-13-10-15(19)8-9-16(13)20/h8-10,12,14H,4-7,11H2,1-3H3. The summed E-state index contributed by atoms with van der Waals surface area (Å²) in [5, 5.41) is 0. The summed E-state index contributed by atoms with van der Waals surface area (Å²) in [7, 11) is 0. The van der Waals surface area contributed by atoms with E-state index in [1.165, 1.54) is 0 Å². The first-order valence-corrected chi connectivity index (χ1v) is 7.74. The number of carbonyl (C=O) groups excluding carboxylic acids is 1. The highest BCUT2D eigenvalue weighted by molar-refractivity contribution is 5.83. The third-order valence-electron chi connectivity index (χ3n) is 4.78. The number of carbonyl (C=O) groups is 1. The molecule has 116 valence electrons. The second-order valence-electron chi connectivity index (χ2n) is 7.29. The molecule has 0 unspecified atom stereocenters. The highest BCUT2D eigenvalue weighted by atomic mass is 19.1. The van der Waals surface area contributed by atoms with Crippen LogP contribution < -0.4 is 0 Å². The lowest BCUT2D eigenvalue weighted by atomic mass is 9.69. The predicted molar refractivity (Wildman–Crippen MR) is 80.0 cm³/mol. The number of hydrogen-bond acceptors (Lipinski definition) is 1. The van der Waals surface area contributed by atoms with Gasteiger partial charge in [-0.15, -0.1) is 0 Å². The molecule has 1 aromatic carbocycles. The number of Topliss-reactive ketones (excluding diaryl/α,β-unsaturated/α-hetero) is 1. The van der Waals surface area contributed by atoms with Gasteiger partial charge in [0.15, 0.2) is 0 Å². The maximum Gasteiger partial charge on any atom is 0.140 e. The molecule has 3 heteroatoms. The number of benzene rings is 1. The van der Waals surface area contributed by atoms with Crippen molar-refractivity contribution in [1.29, 1.82) is 0 Å². The molecular weight excluding hydrogens is 270 g/mol. The van der Waals surface area contributed by atoms with Gasteiger partial charge in [0.05, 0.1) is 0 Å². The Labute approximate surface area is 125 Å². The van der Waals surface area contributed by atoms with Gasteiger partial charge in [-0.3, -0.25) is 4.79 Å². The first-order chi connectivity index (χ1) is 9.77. The second kappa shape index (κ2) is 6.25. The highest BCUT2D eigenvalue weighted by Crippen LogP contribution is 2.40. The van der Waals surface area contributed by atoms with Gasteiger partial charge in [0, 0.05) is 12.3 Å². The molecule has 0 heterocycles. The Morgan fingerprint density at radius 3 is 2.33 bits per heavy atom. The van der Waals surface area contributed by atoms with Gasteiger partial charge in [-0.05, 0) is 60.8 Å². The van der Waals surface area contributed by atoms with E-state index in [1.807, 2.05) is 0 Å². The van der Waals surface area contributed by atoms with Crippen molar-refractivity contribution in [3.63, 3.8) is 0 Å². The van der Waals surface area contributed by atoms with Gasteiger partial charge in [-0.1, -0.05) is 20.8 Å². The Kier molecular flexibility index (Phi) is 4.80. The Bertz CT molecular complexity index is 508. The van der Waals surface area contributed by atoms with Gasteiger partial charge in [0.1, 0.15) is 17.4 Å². The molecule has 2 rings (SSSR count). The van der Waals surface area contributed by atoms with Crippen LogP contribution >= 0.6 is 0 Å². The summed E-state index contributed by atoms with van der Waals surface area (Å²) in [4.78, 5) is 12.3. The lowest BCUT2D eigenvalue weighted by molar-refractivity contribution is -0.123. The van der Waals surface area contributed by atoms with Crippen LogP contribution in [-0.4, -0.2) is 5.78 Å². The quantitative estimate of drug-likeness (QED) is 0.772. The number of halogens is 2. The minimum absolute atomic E-state index is 0.00580. The minimum Gasteiger partial charge on any atom is -0.299 e. The summed E-state index contributed by atoms with van der Waals surface area (Å²) in [5.74, 6) is -0.283. The van der Waals surface area contributed by atoms with Crippen LogP contribution in [0.2, 0.25) is 0 Å². The molecule has 1 nitrogen and oxygen atoms in total. The van der Waals surface area contributed by atoms with E-state index in [1.54, 1.807) is 0 Å². The van der Waals surface area contributed by atoms with Crippen LogP contribution in [0, 0.1) is 28.9 Å². The molecule has 0 aliphatic heterocycles. The molecule has 0 radical (unpaired) electrons. The van der Waals surface area contributed by atoms with E-state index in [9.17, 15) is 13.6 Å². The molecule has 1 aliphatic carbocycles. The van der Waals surface area contributed by atoms with Crippen molar-refractivity contribution in [2.45, 2.75) is 52.9 Å². The fraction of sp³-hybridized carbons (Fsp3) is 0.611. The summed E-state index contributed by atoms with van der Waals surface area (Å²) < 4.78 is 26.7. The van der Waals surface area contributed by atoms with Crippen molar-refractivity contribution < 1.29 is 13.6 Å². The van der Waals surface area contributed by atoms with Crippen LogP contribution in [0.1, 0.15) is 52.0 Å². The first-order valence-electron chi connectivity index (χ1n) is 7.74. The third-order valence-corrected chi connectivity index (χ3v) is 4.78.